The largest absolute Gasteiger partial charge is 0.494 e. The van der Waals surface area contributed by atoms with Crippen LogP contribution in [0.3, 0.4) is 0 Å². The zero-order valence-electron chi connectivity index (χ0n) is 28.5. The zero-order valence-corrected chi connectivity index (χ0v) is 29.3. The van der Waals surface area contributed by atoms with E-state index in [0.29, 0.717) is 41.4 Å². The molecule has 0 spiro atoms. The van der Waals surface area contributed by atoms with Crippen molar-refractivity contribution < 1.29 is 14.4 Å². The van der Waals surface area contributed by atoms with Gasteiger partial charge in [0.15, 0.2) is 5.82 Å². The number of halogens is 1. The lowest BCUT2D eigenvalue weighted by Crippen LogP contribution is -2.53. The average molecular weight is 687 g/mol. The number of rotatable bonds is 11. The van der Waals surface area contributed by atoms with Crippen LogP contribution in [0.4, 0.5) is 28.7 Å². The topological polar surface area (TPSA) is 98.3 Å². The highest BCUT2D eigenvalue weighted by Gasteiger charge is 2.34. The van der Waals surface area contributed by atoms with Gasteiger partial charge in [-0.15, -0.1) is 0 Å². The van der Waals surface area contributed by atoms with E-state index in [9.17, 15) is 4.79 Å². The number of hydrogen-bond donors (Lipinski definition) is 2. The third-order valence-electron chi connectivity index (χ3n) is 10.5. The molecule has 1 unspecified atom stereocenters. The third-order valence-corrected chi connectivity index (χ3v) is 10.9. The van der Waals surface area contributed by atoms with E-state index in [4.69, 9.17) is 21.2 Å². The Labute approximate surface area is 294 Å². The maximum Gasteiger partial charge on any atom is 0.247 e. The summed E-state index contributed by atoms with van der Waals surface area (Å²) in [6.45, 7) is 12.8. The fourth-order valence-electron chi connectivity index (χ4n) is 7.51. The fraction of sp³-hybridized carbons (Fsp3) is 0.486. The van der Waals surface area contributed by atoms with E-state index in [1.54, 1.807) is 7.11 Å². The number of nitrogens with one attached hydrogen (secondary N) is 2. The number of piperazine rings is 1. The Bertz CT molecular complexity index is 1650. The van der Waals surface area contributed by atoms with Gasteiger partial charge in [-0.05, 0) is 74.8 Å². The van der Waals surface area contributed by atoms with Crippen molar-refractivity contribution in [3.8, 4) is 5.75 Å². The van der Waals surface area contributed by atoms with Gasteiger partial charge in [-0.2, -0.15) is 0 Å². The molecule has 0 radical (unpaired) electrons. The predicted molar refractivity (Wildman–Crippen MR) is 195 cm³/mol. The molecule has 1 aromatic heterocycles. The number of carbonyl (C=O) groups excluding carboxylic acids is 1. The fourth-order valence-corrected chi connectivity index (χ4v) is 7.70. The van der Waals surface area contributed by atoms with Crippen molar-refractivity contribution >= 4 is 46.2 Å². The third kappa shape index (κ3) is 7.65. The van der Waals surface area contributed by atoms with Gasteiger partial charge in [0.05, 0.1) is 36.8 Å². The summed E-state index contributed by atoms with van der Waals surface area (Å²) in [7, 11) is 1.66. The summed E-state index contributed by atoms with van der Waals surface area (Å²) >= 11 is 6.41. The highest BCUT2D eigenvalue weighted by Crippen LogP contribution is 2.40. The molecule has 1 atom stereocenters. The van der Waals surface area contributed by atoms with Gasteiger partial charge in [0, 0.05) is 68.5 Å². The quantitative estimate of drug-likeness (QED) is 0.240. The number of methoxy groups -OCH3 is 1. The van der Waals surface area contributed by atoms with Gasteiger partial charge < -0.3 is 20.3 Å². The second-order valence-corrected chi connectivity index (χ2v) is 13.9. The second-order valence-electron chi connectivity index (χ2n) is 13.5. The van der Waals surface area contributed by atoms with Crippen molar-refractivity contribution in [1.82, 2.24) is 19.8 Å². The molecular weight excluding hydrogens is 640 g/mol. The van der Waals surface area contributed by atoms with Crippen molar-refractivity contribution in [1.29, 1.82) is 0 Å². The van der Waals surface area contributed by atoms with Crippen molar-refractivity contribution in [2.24, 2.45) is 0 Å². The molecule has 4 aliphatic rings. The van der Waals surface area contributed by atoms with Crippen LogP contribution in [0.15, 0.2) is 55.4 Å². The van der Waals surface area contributed by atoms with Crippen molar-refractivity contribution in [2.75, 3.05) is 73.6 Å². The Hall–Kier alpha value is -3.90. The van der Waals surface area contributed by atoms with Gasteiger partial charge in [-0.3, -0.25) is 19.4 Å². The van der Waals surface area contributed by atoms with Crippen molar-refractivity contribution in [3.05, 3.63) is 71.5 Å². The predicted octanol–water partition coefficient (Wildman–Crippen LogP) is 5.82. The molecule has 1 aliphatic carbocycles. The molecule has 1 amide bonds. The number of anilines is 5. The van der Waals surface area contributed by atoms with Crippen LogP contribution in [-0.4, -0.2) is 96.8 Å². The summed E-state index contributed by atoms with van der Waals surface area (Å²) in [6, 6.07) is 13.3. The first-order chi connectivity index (χ1) is 23.9. The van der Waals surface area contributed by atoms with E-state index in [1.165, 1.54) is 43.9 Å². The number of ether oxygens (including phenoxy) is 1. The molecule has 11 nitrogen and oxygen atoms in total. The molecule has 7 rings (SSSR count). The highest BCUT2D eigenvalue weighted by atomic mass is 35.5. The first kappa shape index (κ1) is 33.6. The van der Waals surface area contributed by atoms with Crippen LogP contribution in [0.2, 0.25) is 5.02 Å². The Kier molecular flexibility index (Phi) is 10.2. The van der Waals surface area contributed by atoms with Crippen LogP contribution in [-0.2, 0) is 16.1 Å². The number of nitrogens with zero attached hydrogens (tertiary/aromatic N) is 6. The molecular formula is C37H47ClN8O3. The summed E-state index contributed by atoms with van der Waals surface area (Å²) in [5, 5.41) is 9.10. The summed E-state index contributed by atoms with van der Waals surface area (Å²) in [5.74, 6) is 1.62. The van der Waals surface area contributed by atoms with Gasteiger partial charge >= 0.3 is 0 Å². The zero-order chi connectivity index (χ0) is 33.9. The smallest absolute Gasteiger partial charge is 0.247 e. The van der Waals surface area contributed by atoms with Gasteiger partial charge in [0.25, 0.3) is 0 Å². The molecule has 12 heteroatoms. The minimum Gasteiger partial charge on any atom is -0.494 e. The molecule has 49 heavy (non-hydrogen) atoms. The molecule has 2 N–H and O–H groups in total. The molecule has 3 aliphatic heterocycles. The Morgan fingerprint density at radius 1 is 1.00 bits per heavy atom. The number of hydrogen-bond acceptors (Lipinski definition) is 10. The monoisotopic (exact) mass is 686 g/mol. The molecule has 4 heterocycles. The normalized spacial score (nSPS) is 20.8. The van der Waals surface area contributed by atoms with Crippen LogP contribution in [0.5, 0.6) is 5.75 Å². The molecule has 260 valence electrons. The van der Waals surface area contributed by atoms with Crippen LogP contribution >= 0.6 is 11.6 Å². The lowest BCUT2D eigenvalue weighted by atomic mass is 9.99. The minimum absolute atomic E-state index is 0.103. The number of carbonyl (C=O) groups is 1. The Morgan fingerprint density at radius 2 is 1.73 bits per heavy atom. The van der Waals surface area contributed by atoms with Gasteiger partial charge in [-0.1, -0.05) is 30.3 Å². The molecule has 4 fully saturated rings. The van der Waals surface area contributed by atoms with Crippen LogP contribution in [0, 0.1) is 6.92 Å². The number of benzene rings is 2. The van der Waals surface area contributed by atoms with Crippen LogP contribution < -0.4 is 25.3 Å². The molecule has 2 aromatic carbocycles. The van der Waals surface area contributed by atoms with E-state index >= 15 is 0 Å². The highest BCUT2D eigenvalue weighted by molar-refractivity contribution is 6.31. The number of piperidine rings is 1. The summed E-state index contributed by atoms with van der Waals surface area (Å²) < 4.78 is 5.90. The van der Waals surface area contributed by atoms with E-state index in [0.717, 1.165) is 74.2 Å². The van der Waals surface area contributed by atoms with Gasteiger partial charge in [-0.25, -0.2) is 15.0 Å². The lowest BCUT2D eigenvalue weighted by molar-refractivity contribution is -0.111. The number of aromatic nitrogens is 2. The molecule has 3 aromatic rings. The van der Waals surface area contributed by atoms with Crippen LogP contribution in [0.1, 0.15) is 43.2 Å². The molecule has 0 bridgehead atoms. The van der Waals surface area contributed by atoms with Crippen molar-refractivity contribution in [2.45, 2.75) is 63.6 Å². The Balaban J connectivity index is 1.07. The van der Waals surface area contributed by atoms with E-state index in [1.807, 2.05) is 35.4 Å². The SMILES string of the molecule is C=CC(=O)Nc1cc(Nc2cc(N3OCCC3Cc3cccc(Cl)c3C)ncn2)c(OC)cc1N1CCC(N2CCN(C3CC3)CC2)CC1. The summed E-state index contributed by atoms with van der Waals surface area (Å²) in [4.78, 5) is 35.4. The summed E-state index contributed by atoms with van der Waals surface area (Å²) in [5.41, 5.74) is 4.58. The maximum atomic E-state index is 12.6. The summed E-state index contributed by atoms with van der Waals surface area (Å²) in [6.07, 6.45) is 9.40. The van der Waals surface area contributed by atoms with E-state index in [2.05, 4.69) is 54.9 Å². The standard InChI is InChI=1S/C37H47ClN8O3/c1-4-37(47)42-31-21-32(34(48-3)22-33(31)45-13-10-28(11-14-45)44-17-15-43(16-18-44)27-8-9-27)41-35-23-36(40-24-39-35)46-29(12-19-49-46)20-26-6-5-7-30(38)25(26)2/h4-7,21-24,27-29H,1,8-20H2,2-3H3,(H,42,47)(H,39,40,41). The average Bonchev–Trinajstić information content (AvgIpc) is 3.88. The van der Waals surface area contributed by atoms with E-state index < -0.39 is 0 Å². The first-order valence-electron chi connectivity index (χ1n) is 17.5. The first-order valence-corrected chi connectivity index (χ1v) is 17.9. The maximum absolute atomic E-state index is 12.6. The van der Waals surface area contributed by atoms with Gasteiger partial charge in [0.1, 0.15) is 17.9 Å². The molecule has 1 saturated carbocycles. The molecule has 3 saturated heterocycles. The number of hydroxylamine groups is 1. The van der Waals surface area contributed by atoms with Gasteiger partial charge in [0.2, 0.25) is 5.91 Å². The number of amides is 1. The Morgan fingerprint density at radius 3 is 2.43 bits per heavy atom. The lowest BCUT2D eigenvalue weighted by Gasteiger charge is -2.43. The minimum atomic E-state index is -0.266. The van der Waals surface area contributed by atoms with Crippen LogP contribution in [0.25, 0.3) is 0 Å². The van der Waals surface area contributed by atoms with E-state index in [-0.39, 0.29) is 11.9 Å². The van der Waals surface area contributed by atoms with Crippen molar-refractivity contribution in [3.63, 3.8) is 0 Å². The second kappa shape index (κ2) is 14.9.